The number of hydrogen-bond donors (Lipinski definition) is 1. The van der Waals surface area contributed by atoms with Gasteiger partial charge in [-0.25, -0.2) is 4.79 Å². The van der Waals surface area contributed by atoms with E-state index in [2.05, 4.69) is 5.32 Å². The fourth-order valence-corrected chi connectivity index (χ4v) is 3.62. The number of hydrogen-bond acceptors (Lipinski definition) is 6. The fraction of sp³-hybridized carbons (Fsp3) is 0.0909. The van der Waals surface area contributed by atoms with Gasteiger partial charge in [-0.2, -0.15) is 0 Å². The molecule has 1 aliphatic rings. The average molecular weight is 407 g/mol. The number of rotatable bonds is 6. The molecule has 0 unspecified atom stereocenters. The monoisotopic (exact) mass is 407 g/mol. The van der Waals surface area contributed by atoms with Crippen LogP contribution in [0.5, 0.6) is 11.5 Å². The first-order valence-corrected chi connectivity index (χ1v) is 9.69. The minimum atomic E-state index is -0.606. The molecular weight excluding hydrogens is 390 g/mol. The Labute approximate surface area is 171 Å². The predicted octanol–water partition coefficient (Wildman–Crippen LogP) is 4.36. The van der Waals surface area contributed by atoms with Crippen molar-refractivity contribution in [2.45, 2.75) is 9.79 Å². The molecule has 6 nitrogen and oxygen atoms in total. The zero-order valence-corrected chi connectivity index (χ0v) is 16.1. The van der Waals surface area contributed by atoms with Crippen LogP contribution in [0.1, 0.15) is 10.4 Å². The quantitative estimate of drug-likeness (QED) is 0.612. The summed E-state index contributed by atoms with van der Waals surface area (Å²) in [4.78, 5) is 26.5. The summed E-state index contributed by atoms with van der Waals surface area (Å²) in [6.07, 6.45) is 0. The molecule has 4 rings (SSSR count). The summed E-state index contributed by atoms with van der Waals surface area (Å²) in [7, 11) is 0. The van der Waals surface area contributed by atoms with Crippen LogP contribution in [-0.4, -0.2) is 25.3 Å². The Morgan fingerprint density at radius 2 is 1.69 bits per heavy atom. The molecule has 146 valence electrons. The molecule has 0 atom stereocenters. The number of ether oxygens (including phenoxy) is 3. The minimum Gasteiger partial charge on any atom is -0.454 e. The Morgan fingerprint density at radius 3 is 2.55 bits per heavy atom. The smallest absolute Gasteiger partial charge is 0.338 e. The van der Waals surface area contributed by atoms with Gasteiger partial charge in [-0.05, 0) is 42.5 Å². The Hall–Kier alpha value is -3.45. The molecule has 1 heterocycles. The van der Waals surface area contributed by atoms with E-state index in [1.54, 1.807) is 23.9 Å². The van der Waals surface area contributed by atoms with Gasteiger partial charge in [-0.1, -0.05) is 42.1 Å². The molecule has 0 aromatic heterocycles. The van der Waals surface area contributed by atoms with Gasteiger partial charge >= 0.3 is 5.97 Å². The molecule has 0 radical (unpaired) electrons. The third-order valence-electron chi connectivity index (χ3n) is 4.07. The maximum atomic E-state index is 12.3. The van der Waals surface area contributed by atoms with E-state index in [0.29, 0.717) is 22.7 Å². The van der Waals surface area contributed by atoms with Crippen molar-refractivity contribution in [3.8, 4) is 11.5 Å². The van der Waals surface area contributed by atoms with Crippen molar-refractivity contribution in [2.75, 3.05) is 18.7 Å². The van der Waals surface area contributed by atoms with E-state index >= 15 is 0 Å². The zero-order chi connectivity index (χ0) is 20.1. The van der Waals surface area contributed by atoms with Gasteiger partial charge in [-0.15, -0.1) is 0 Å². The number of carbonyl (C=O) groups excluding carboxylic acids is 2. The maximum Gasteiger partial charge on any atom is 0.338 e. The Kier molecular flexibility index (Phi) is 5.67. The lowest BCUT2D eigenvalue weighted by Crippen LogP contribution is -2.21. The Bertz CT molecular complexity index is 1040. The lowest BCUT2D eigenvalue weighted by atomic mass is 10.2. The summed E-state index contributed by atoms with van der Waals surface area (Å²) in [6.45, 7) is -0.270. The van der Waals surface area contributed by atoms with Gasteiger partial charge in [-0.3, -0.25) is 4.79 Å². The SMILES string of the molecule is O=C(COC(=O)c1ccc2c(c1)OCO2)Nc1ccccc1Sc1ccccc1. The number of nitrogens with one attached hydrogen (secondary N) is 1. The molecule has 0 aliphatic carbocycles. The molecule has 0 saturated carbocycles. The Balaban J connectivity index is 1.36. The standard InChI is InChI=1S/C22H17NO5S/c24-21(13-26-22(25)15-10-11-18-19(12-15)28-14-27-18)23-17-8-4-5-9-20(17)29-16-6-2-1-3-7-16/h1-12H,13-14H2,(H,23,24). The summed E-state index contributed by atoms with van der Waals surface area (Å²) >= 11 is 1.54. The molecule has 0 bridgehead atoms. The van der Waals surface area contributed by atoms with E-state index in [0.717, 1.165) is 9.79 Å². The molecule has 29 heavy (non-hydrogen) atoms. The maximum absolute atomic E-state index is 12.3. The van der Waals surface area contributed by atoms with E-state index in [1.165, 1.54) is 6.07 Å². The second kappa shape index (κ2) is 8.70. The third kappa shape index (κ3) is 4.70. The van der Waals surface area contributed by atoms with Crippen LogP contribution in [0.4, 0.5) is 5.69 Å². The third-order valence-corrected chi connectivity index (χ3v) is 5.16. The number of benzene rings is 3. The highest BCUT2D eigenvalue weighted by Gasteiger charge is 2.18. The van der Waals surface area contributed by atoms with Gasteiger partial charge in [0.2, 0.25) is 6.79 Å². The fourth-order valence-electron chi connectivity index (χ4n) is 2.70. The van der Waals surface area contributed by atoms with Crippen LogP contribution in [0.15, 0.2) is 82.6 Å². The second-order valence-electron chi connectivity index (χ2n) is 6.10. The van der Waals surface area contributed by atoms with E-state index in [4.69, 9.17) is 14.2 Å². The van der Waals surface area contributed by atoms with Crippen molar-refractivity contribution in [1.29, 1.82) is 0 Å². The summed E-state index contributed by atoms with van der Waals surface area (Å²) in [5, 5.41) is 2.80. The van der Waals surface area contributed by atoms with E-state index in [9.17, 15) is 9.59 Å². The molecule has 1 amide bonds. The summed E-state index contributed by atoms with van der Waals surface area (Å²) in [5.74, 6) is 0.0354. The van der Waals surface area contributed by atoms with Crippen LogP contribution in [0.3, 0.4) is 0 Å². The summed E-state index contributed by atoms with van der Waals surface area (Å²) < 4.78 is 15.6. The van der Waals surface area contributed by atoms with Gasteiger partial charge in [0.25, 0.3) is 5.91 Å². The topological polar surface area (TPSA) is 73.9 Å². The number of amides is 1. The average Bonchev–Trinajstić information content (AvgIpc) is 3.22. The molecule has 1 aliphatic heterocycles. The van der Waals surface area contributed by atoms with Crippen molar-refractivity contribution < 1.29 is 23.8 Å². The predicted molar refractivity (Wildman–Crippen MR) is 108 cm³/mol. The highest BCUT2D eigenvalue weighted by atomic mass is 32.2. The molecule has 1 N–H and O–H groups in total. The molecule has 7 heteroatoms. The number of para-hydroxylation sites is 1. The molecule has 3 aromatic rings. The molecule has 0 spiro atoms. The van der Waals surface area contributed by atoms with E-state index < -0.39 is 18.5 Å². The number of anilines is 1. The van der Waals surface area contributed by atoms with Crippen molar-refractivity contribution >= 4 is 29.3 Å². The van der Waals surface area contributed by atoms with Gasteiger partial charge in [0, 0.05) is 9.79 Å². The lowest BCUT2D eigenvalue weighted by Gasteiger charge is -2.11. The van der Waals surface area contributed by atoms with Gasteiger partial charge < -0.3 is 19.5 Å². The summed E-state index contributed by atoms with van der Waals surface area (Å²) in [5.41, 5.74) is 0.951. The van der Waals surface area contributed by atoms with E-state index in [1.807, 2.05) is 54.6 Å². The number of esters is 1. The molecule has 0 saturated heterocycles. The van der Waals surface area contributed by atoms with Crippen LogP contribution >= 0.6 is 11.8 Å². The van der Waals surface area contributed by atoms with Crippen LogP contribution in [-0.2, 0) is 9.53 Å². The molecule has 3 aromatic carbocycles. The van der Waals surface area contributed by atoms with Crippen LogP contribution < -0.4 is 14.8 Å². The van der Waals surface area contributed by atoms with Crippen LogP contribution in [0.2, 0.25) is 0 Å². The first-order valence-electron chi connectivity index (χ1n) is 8.87. The molecule has 0 fully saturated rings. The normalized spacial score (nSPS) is 11.7. The lowest BCUT2D eigenvalue weighted by molar-refractivity contribution is -0.119. The molecular formula is C22H17NO5S. The van der Waals surface area contributed by atoms with Crippen LogP contribution in [0, 0.1) is 0 Å². The summed E-state index contributed by atoms with van der Waals surface area (Å²) in [6, 6.07) is 22.1. The second-order valence-corrected chi connectivity index (χ2v) is 7.22. The van der Waals surface area contributed by atoms with Gasteiger partial charge in [0.1, 0.15) is 0 Å². The van der Waals surface area contributed by atoms with E-state index in [-0.39, 0.29) is 6.79 Å². The highest BCUT2D eigenvalue weighted by molar-refractivity contribution is 7.99. The Morgan fingerprint density at radius 1 is 0.931 bits per heavy atom. The van der Waals surface area contributed by atoms with Crippen molar-refractivity contribution in [2.24, 2.45) is 0 Å². The van der Waals surface area contributed by atoms with Gasteiger partial charge in [0.05, 0.1) is 11.3 Å². The first-order chi connectivity index (χ1) is 14.2. The van der Waals surface area contributed by atoms with Gasteiger partial charge in [0.15, 0.2) is 18.1 Å². The van der Waals surface area contributed by atoms with Crippen LogP contribution in [0.25, 0.3) is 0 Å². The zero-order valence-electron chi connectivity index (χ0n) is 15.3. The first kappa shape index (κ1) is 18.9. The van der Waals surface area contributed by atoms with Crippen molar-refractivity contribution in [3.63, 3.8) is 0 Å². The number of fused-ring (bicyclic) bond motifs is 1. The largest absolute Gasteiger partial charge is 0.454 e. The minimum absolute atomic E-state index is 0.122. The number of carbonyl (C=O) groups is 2. The highest BCUT2D eigenvalue weighted by Crippen LogP contribution is 2.34. The van der Waals surface area contributed by atoms with Crippen molar-refractivity contribution in [1.82, 2.24) is 0 Å². The van der Waals surface area contributed by atoms with Crippen molar-refractivity contribution in [3.05, 3.63) is 78.4 Å².